The molecule has 40 heteroatoms. The molecular weight excluding hydrogens is 1230 g/mol. The largest absolute Gasteiger partial charge is 0.481 e. The summed E-state index contributed by atoms with van der Waals surface area (Å²) in [4.78, 5) is 219. The van der Waals surface area contributed by atoms with Gasteiger partial charge in [-0.2, -0.15) is 0 Å². The van der Waals surface area contributed by atoms with Crippen molar-refractivity contribution >= 4 is 101 Å². The summed E-state index contributed by atoms with van der Waals surface area (Å²) in [6.45, 7) is 5.52. The molecule has 0 bridgehead atoms. The van der Waals surface area contributed by atoms with Crippen LogP contribution in [0.15, 0.2) is 0 Å². The number of carbonyl (C=O) groups excluding carboxylic acids is 15. The van der Waals surface area contributed by atoms with Crippen molar-refractivity contribution in [3.63, 3.8) is 0 Å². The van der Waals surface area contributed by atoms with Gasteiger partial charge in [0.05, 0.1) is 50.7 Å². The van der Waals surface area contributed by atoms with Gasteiger partial charge in [-0.15, -0.1) is 0 Å². The summed E-state index contributed by atoms with van der Waals surface area (Å²) in [6, 6.07) is -21.9. The van der Waals surface area contributed by atoms with Gasteiger partial charge in [-0.25, -0.2) is 4.79 Å². The molecule has 14 atom stereocenters. The van der Waals surface area contributed by atoms with E-state index < -0.39 is 255 Å². The lowest BCUT2D eigenvalue weighted by Crippen LogP contribution is -2.63. The lowest BCUT2D eigenvalue weighted by Gasteiger charge is -2.30. The summed E-state index contributed by atoms with van der Waals surface area (Å²) in [6.07, 6.45) is -8.86. The Hall–Kier alpha value is -9.25. The van der Waals surface area contributed by atoms with Crippen LogP contribution in [-0.2, 0) is 81.5 Å². The number of nitrogens with one attached hydrogen (secondary N) is 11. The first-order chi connectivity index (χ1) is 42.7. The van der Waals surface area contributed by atoms with Crippen LogP contribution in [0.2, 0.25) is 0 Å². The number of carbonyl (C=O) groups is 17. The quantitative estimate of drug-likeness (QED) is 0.0252. The van der Waals surface area contributed by atoms with E-state index in [0.717, 1.165) is 13.8 Å². The zero-order valence-electron chi connectivity index (χ0n) is 51.5. The highest BCUT2D eigenvalue weighted by Gasteiger charge is 2.39. The number of hydrogen-bond acceptors (Lipinski definition) is 23. The summed E-state index contributed by atoms with van der Waals surface area (Å²) in [5, 5.41) is 84.1. The molecule has 0 spiro atoms. The molecule has 40 nitrogen and oxygen atoms in total. The molecule has 0 saturated carbocycles. The minimum absolute atomic E-state index is 0.0933. The van der Waals surface area contributed by atoms with Gasteiger partial charge in [0.1, 0.15) is 66.5 Å². The van der Waals surface area contributed by atoms with E-state index in [-0.39, 0.29) is 25.8 Å². The molecule has 0 aromatic rings. The first kappa shape index (κ1) is 82.8. The summed E-state index contributed by atoms with van der Waals surface area (Å²) in [5.41, 5.74) is 32.2. The number of amides is 15. The number of nitrogens with two attached hydrogens (primary N) is 6. The third kappa shape index (κ3) is 30.5. The van der Waals surface area contributed by atoms with Crippen LogP contribution in [0.1, 0.15) is 106 Å². The Labute approximate surface area is 526 Å². The molecule has 15 amide bonds. The Morgan fingerprint density at radius 1 is 0.348 bits per heavy atom. The lowest BCUT2D eigenvalue weighted by atomic mass is 10.0. The molecule has 29 N–H and O–H groups in total. The fourth-order valence-corrected chi connectivity index (χ4v) is 8.13. The van der Waals surface area contributed by atoms with Crippen molar-refractivity contribution < 1.29 is 112 Å². The highest BCUT2D eigenvalue weighted by atomic mass is 16.4. The lowest BCUT2D eigenvalue weighted by molar-refractivity contribution is -0.144. The highest BCUT2D eigenvalue weighted by molar-refractivity contribution is 6.01. The topological polar surface area (TPSA) is 700 Å². The second-order valence-corrected chi connectivity index (χ2v) is 21.9. The van der Waals surface area contributed by atoms with Gasteiger partial charge in [0, 0.05) is 12.8 Å². The van der Waals surface area contributed by atoms with Gasteiger partial charge in [0.2, 0.25) is 88.6 Å². The highest BCUT2D eigenvalue weighted by Crippen LogP contribution is 2.11. The van der Waals surface area contributed by atoms with Gasteiger partial charge in [-0.05, 0) is 64.3 Å². The van der Waals surface area contributed by atoms with Crippen LogP contribution in [0.4, 0.5) is 0 Å². The van der Waals surface area contributed by atoms with Gasteiger partial charge in [-0.3, -0.25) is 76.7 Å². The Morgan fingerprint density at radius 3 is 1.02 bits per heavy atom. The first-order valence-corrected chi connectivity index (χ1v) is 28.7. The fraction of sp³-hybridized carbons (Fsp3) is 0.673. The molecule has 0 aromatic heterocycles. The standard InChI is InChI=1S/C52H89N17O23/c1-20(2)37(49(88)61-25(9-7-8-14-53)44(83)68-39(22(5)72)50(89)63-29(17-35(58)77)46(85)65-30(18-70)47(86)67-38(21(3)4)52(91)92)66-51(90)40(23(6)73)69-48(87)31(19-71)64-43(82)26(10-12-32(55)74)60-45(84)28(16-34(57)76)62-42(81)27(11-13-36(78)79)59-41(80)24(54)15-33(56)75/h20-31,37-40,70-73H,7-19,53-54H2,1-6H3,(H2,55,74)(H2,56,75)(H2,57,76)(H2,58,77)(H,59,80)(H,60,84)(H,61,88)(H,62,81)(H,63,89)(H,64,82)(H,65,85)(H,66,90)(H,67,86)(H,68,83)(H,69,87)(H,78,79)(H,91,92)/t22-,23-,24+,25+,26+,27+,28+,29+,30+,31+,37+,38+,39+,40+/m1/s1. The van der Waals surface area contributed by atoms with Gasteiger partial charge in [0.25, 0.3) is 0 Å². The normalized spacial score (nSPS) is 15.7. The fourth-order valence-electron chi connectivity index (χ4n) is 8.13. The number of carboxylic acid groups (broad SMARTS) is 2. The Balaban J connectivity index is 6.71. The van der Waals surface area contributed by atoms with Crippen molar-refractivity contribution in [2.24, 2.45) is 46.2 Å². The van der Waals surface area contributed by atoms with Crippen molar-refractivity contribution in [1.29, 1.82) is 0 Å². The minimum atomic E-state index is -2.07. The number of aliphatic hydroxyl groups excluding tert-OH is 4. The Bertz CT molecular complexity index is 2640. The molecule has 520 valence electrons. The molecule has 0 unspecified atom stereocenters. The smallest absolute Gasteiger partial charge is 0.326 e. The first-order valence-electron chi connectivity index (χ1n) is 28.7. The van der Waals surface area contributed by atoms with Crippen molar-refractivity contribution in [1.82, 2.24) is 58.5 Å². The minimum Gasteiger partial charge on any atom is -0.481 e. The van der Waals surface area contributed by atoms with Crippen LogP contribution in [-0.4, -0.2) is 236 Å². The number of primary amides is 4. The predicted octanol–water partition coefficient (Wildman–Crippen LogP) is -12.3. The van der Waals surface area contributed by atoms with Crippen LogP contribution in [0.25, 0.3) is 0 Å². The number of aliphatic carboxylic acids is 2. The number of carboxylic acids is 2. The SMILES string of the molecule is CC(C)[C@H](NC(=O)[C@H](CO)NC(=O)[C@H](CC(N)=O)NC(=O)[C@@H](NC(=O)[C@H](CCCCN)NC(=O)[C@@H](NC(=O)[C@@H](NC(=O)[C@H](CO)NC(=O)[C@H](CCC(N)=O)NC(=O)[C@H](CC(N)=O)NC(=O)[C@H](CCC(=O)O)NC(=O)[C@@H](N)CC(N)=O)[C@@H](C)O)C(C)C)[C@@H](C)O)C(=O)O. The van der Waals surface area contributed by atoms with Gasteiger partial charge >= 0.3 is 11.9 Å². The second kappa shape index (κ2) is 41.2. The molecule has 0 heterocycles. The molecule has 0 aromatic carbocycles. The van der Waals surface area contributed by atoms with E-state index in [0.29, 0.717) is 0 Å². The maximum Gasteiger partial charge on any atom is 0.326 e. The number of hydrogen-bond donors (Lipinski definition) is 23. The summed E-state index contributed by atoms with van der Waals surface area (Å²) >= 11 is 0. The molecule has 92 heavy (non-hydrogen) atoms. The van der Waals surface area contributed by atoms with Crippen LogP contribution >= 0.6 is 0 Å². The molecule has 0 saturated heterocycles. The van der Waals surface area contributed by atoms with Crippen molar-refractivity contribution in [2.75, 3.05) is 19.8 Å². The molecule has 0 fully saturated rings. The third-order valence-corrected chi connectivity index (χ3v) is 13.2. The van der Waals surface area contributed by atoms with E-state index in [2.05, 4.69) is 58.5 Å². The average Bonchev–Trinajstić information content (AvgIpc) is 0.933. The van der Waals surface area contributed by atoms with E-state index in [1.54, 1.807) is 0 Å². The van der Waals surface area contributed by atoms with E-state index >= 15 is 0 Å². The number of unbranched alkanes of at least 4 members (excludes halogenated alkanes) is 1. The maximum atomic E-state index is 14.1. The molecule has 0 rings (SSSR count). The van der Waals surface area contributed by atoms with Gasteiger partial charge < -0.3 is 124 Å². The second-order valence-electron chi connectivity index (χ2n) is 21.9. The van der Waals surface area contributed by atoms with Crippen molar-refractivity contribution in [3.8, 4) is 0 Å². The monoisotopic (exact) mass is 1320 g/mol. The molecule has 0 radical (unpaired) electrons. The van der Waals surface area contributed by atoms with E-state index in [1.165, 1.54) is 27.7 Å². The van der Waals surface area contributed by atoms with Crippen LogP contribution in [0.5, 0.6) is 0 Å². The predicted molar refractivity (Wildman–Crippen MR) is 314 cm³/mol. The van der Waals surface area contributed by atoms with Crippen LogP contribution < -0.4 is 92.9 Å². The zero-order valence-corrected chi connectivity index (χ0v) is 51.5. The van der Waals surface area contributed by atoms with Gasteiger partial charge in [0.15, 0.2) is 0 Å². The maximum absolute atomic E-state index is 14.1. The third-order valence-electron chi connectivity index (χ3n) is 13.2. The molecule has 0 aliphatic carbocycles. The van der Waals surface area contributed by atoms with E-state index in [9.17, 15) is 112 Å². The number of aliphatic hydroxyl groups is 4. The molecule has 0 aliphatic rings. The van der Waals surface area contributed by atoms with Gasteiger partial charge in [-0.1, -0.05) is 27.7 Å². The molecular formula is C52H89N17O23. The average molecular weight is 1320 g/mol. The summed E-state index contributed by atoms with van der Waals surface area (Å²) in [7, 11) is 0. The number of rotatable bonds is 45. The van der Waals surface area contributed by atoms with Crippen LogP contribution in [0.3, 0.4) is 0 Å². The van der Waals surface area contributed by atoms with Crippen LogP contribution in [0, 0.1) is 11.8 Å². The van der Waals surface area contributed by atoms with Crippen molar-refractivity contribution in [2.45, 2.75) is 190 Å². The summed E-state index contributed by atoms with van der Waals surface area (Å²) in [5.74, 6) is -22.8. The van der Waals surface area contributed by atoms with E-state index in [4.69, 9.17) is 34.4 Å². The Morgan fingerprint density at radius 2 is 0.652 bits per heavy atom. The van der Waals surface area contributed by atoms with E-state index in [1.807, 2.05) is 0 Å². The molecule has 0 aliphatic heterocycles. The Kier molecular flexibility index (Phi) is 37.1. The zero-order chi connectivity index (χ0) is 71.0. The summed E-state index contributed by atoms with van der Waals surface area (Å²) < 4.78 is 0. The van der Waals surface area contributed by atoms with Crippen molar-refractivity contribution in [3.05, 3.63) is 0 Å².